The number of anilines is 1. The lowest BCUT2D eigenvalue weighted by Gasteiger charge is -2.29. The molecule has 9 nitrogen and oxygen atoms in total. The van der Waals surface area contributed by atoms with E-state index in [4.69, 9.17) is 18.9 Å². The van der Waals surface area contributed by atoms with E-state index in [1.165, 1.54) is 46.4 Å². The SMILES string of the molecule is COc1cc(OC)c(C=CS(=O)(=O)Cc2ccc(OC)c(N(C(C)=O)N(C)C)c2)c(OC)c1. The van der Waals surface area contributed by atoms with Crippen molar-refractivity contribution in [2.45, 2.75) is 12.7 Å². The minimum atomic E-state index is -3.68. The van der Waals surface area contributed by atoms with Gasteiger partial charge < -0.3 is 18.9 Å². The molecule has 0 N–H and O–H groups in total. The normalized spacial score (nSPS) is 11.5. The lowest BCUT2D eigenvalue weighted by Crippen LogP contribution is -2.40. The molecule has 0 bridgehead atoms. The van der Waals surface area contributed by atoms with Crippen LogP contribution >= 0.6 is 0 Å². The number of rotatable bonds is 10. The molecule has 0 unspecified atom stereocenters. The fourth-order valence-electron chi connectivity index (χ4n) is 3.31. The van der Waals surface area contributed by atoms with Gasteiger partial charge in [0, 0.05) is 38.6 Å². The Kier molecular flexibility index (Phi) is 8.72. The molecule has 0 fully saturated rings. The zero-order valence-corrected chi connectivity index (χ0v) is 20.7. The summed E-state index contributed by atoms with van der Waals surface area (Å²) in [5, 5.41) is 4.11. The summed E-state index contributed by atoms with van der Waals surface area (Å²) in [6.45, 7) is 1.42. The molecule has 0 radical (unpaired) electrons. The van der Waals surface area contributed by atoms with Crippen LogP contribution in [0.3, 0.4) is 0 Å². The maximum atomic E-state index is 12.9. The summed E-state index contributed by atoms with van der Waals surface area (Å²) in [6.07, 6.45) is 1.43. The molecule has 0 saturated carbocycles. The topological polar surface area (TPSA) is 94.6 Å². The summed E-state index contributed by atoms with van der Waals surface area (Å²) in [6, 6.07) is 8.19. The van der Waals surface area contributed by atoms with Crippen molar-refractivity contribution in [1.29, 1.82) is 0 Å². The van der Waals surface area contributed by atoms with Crippen LogP contribution in [0.5, 0.6) is 23.0 Å². The molecule has 0 aliphatic heterocycles. The van der Waals surface area contributed by atoms with Crippen LogP contribution in [0.2, 0.25) is 0 Å². The Morgan fingerprint density at radius 1 is 0.909 bits per heavy atom. The standard InChI is InChI=1S/C23H30N2O7S/c1-16(26)25(24(2)3)20-12-17(8-9-21(20)30-5)15-33(27,28)11-10-19-22(31-6)13-18(29-4)14-23(19)32-7/h8-14H,15H2,1-7H3. The highest BCUT2D eigenvalue weighted by Gasteiger charge is 2.20. The number of methoxy groups -OCH3 is 4. The number of benzene rings is 2. The largest absolute Gasteiger partial charge is 0.496 e. The molecular formula is C23H30N2O7S. The van der Waals surface area contributed by atoms with E-state index >= 15 is 0 Å². The molecule has 0 atom stereocenters. The fourth-order valence-corrected chi connectivity index (χ4v) is 4.39. The number of sulfone groups is 1. The van der Waals surface area contributed by atoms with Gasteiger partial charge in [-0.15, -0.1) is 0 Å². The molecule has 2 aromatic carbocycles. The molecule has 1 amide bonds. The molecule has 2 aromatic rings. The van der Waals surface area contributed by atoms with Gasteiger partial charge in [0.25, 0.3) is 0 Å². The Morgan fingerprint density at radius 2 is 1.48 bits per heavy atom. The van der Waals surface area contributed by atoms with E-state index in [9.17, 15) is 13.2 Å². The van der Waals surface area contributed by atoms with Crippen LogP contribution in [0.15, 0.2) is 35.7 Å². The molecule has 0 aromatic heterocycles. The molecule has 0 aliphatic carbocycles. The molecule has 0 heterocycles. The van der Waals surface area contributed by atoms with E-state index in [-0.39, 0.29) is 11.7 Å². The van der Waals surface area contributed by atoms with Crippen LogP contribution in [-0.4, -0.2) is 61.9 Å². The minimum absolute atomic E-state index is 0.239. The molecule has 2 rings (SSSR count). The van der Waals surface area contributed by atoms with Crippen LogP contribution in [0.1, 0.15) is 18.1 Å². The number of carbonyl (C=O) groups is 1. The molecule has 180 valence electrons. The molecule has 0 spiro atoms. The number of hydrazine groups is 1. The van der Waals surface area contributed by atoms with Crippen molar-refractivity contribution in [2.24, 2.45) is 0 Å². The third-order valence-electron chi connectivity index (χ3n) is 4.73. The number of hydrogen-bond donors (Lipinski definition) is 0. The van der Waals surface area contributed by atoms with Crippen molar-refractivity contribution in [3.63, 3.8) is 0 Å². The van der Waals surface area contributed by atoms with Gasteiger partial charge in [0.05, 0.1) is 39.8 Å². The van der Waals surface area contributed by atoms with Gasteiger partial charge in [0.1, 0.15) is 28.7 Å². The zero-order valence-electron chi connectivity index (χ0n) is 19.9. The molecular weight excluding hydrogens is 448 g/mol. The number of amides is 1. The van der Waals surface area contributed by atoms with Crippen LogP contribution in [0.25, 0.3) is 6.08 Å². The molecule has 10 heteroatoms. The molecule has 0 saturated heterocycles. The predicted octanol–water partition coefficient (Wildman–Crippen LogP) is 3.14. The summed E-state index contributed by atoms with van der Waals surface area (Å²) in [5.74, 6) is 1.27. The lowest BCUT2D eigenvalue weighted by molar-refractivity contribution is -0.118. The predicted molar refractivity (Wildman–Crippen MR) is 128 cm³/mol. The smallest absolute Gasteiger partial charge is 0.238 e. The summed E-state index contributed by atoms with van der Waals surface area (Å²) in [5.41, 5.74) is 1.41. The van der Waals surface area contributed by atoms with Gasteiger partial charge in [-0.05, 0) is 23.8 Å². The van der Waals surface area contributed by atoms with Crippen molar-refractivity contribution in [1.82, 2.24) is 5.01 Å². The van der Waals surface area contributed by atoms with Crippen molar-refractivity contribution < 1.29 is 32.2 Å². The van der Waals surface area contributed by atoms with Gasteiger partial charge in [0.2, 0.25) is 5.91 Å². The van der Waals surface area contributed by atoms with Gasteiger partial charge in [-0.2, -0.15) is 0 Å². The Bertz CT molecular complexity index is 1100. The second-order valence-electron chi connectivity index (χ2n) is 7.24. The van der Waals surface area contributed by atoms with Gasteiger partial charge in [0.15, 0.2) is 9.84 Å². The van der Waals surface area contributed by atoms with E-state index < -0.39 is 9.84 Å². The van der Waals surface area contributed by atoms with Crippen LogP contribution < -0.4 is 24.0 Å². The summed E-state index contributed by atoms with van der Waals surface area (Å²) in [7, 11) is 5.70. The van der Waals surface area contributed by atoms with Crippen molar-refractivity contribution in [3.8, 4) is 23.0 Å². The second-order valence-corrected chi connectivity index (χ2v) is 9.13. The zero-order chi connectivity index (χ0) is 24.8. The Morgan fingerprint density at radius 3 is 1.94 bits per heavy atom. The van der Waals surface area contributed by atoms with Crippen LogP contribution in [-0.2, 0) is 20.4 Å². The van der Waals surface area contributed by atoms with E-state index in [0.29, 0.717) is 39.8 Å². The van der Waals surface area contributed by atoms with E-state index in [0.717, 1.165) is 5.41 Å². The first kappa shape index (κ1) is 26.0. The highest BCUT2D eigenvalue weighted by molar-refractivity contribution is 7.93. The van der Waals surface area contributed by atoms with Gasteiger partial charge >= 0.3 is 0 Å². The van der Waals surface area contributed by atoms with Crippen LogP contribution in [0.4, 0.5) is 5.69 Å². The van der Waals surface area contributed by atoms with E-state index in [1.807, 2.05) is 0 Å². The van der Waals surface area contributed by atoms with Crippen molar-refractivity contribution in [3.05, 3.63) is 46.9 Å². The first-order valence-electron chi connectivity index (χ1n) is 9.92. The fraction of sp³-hybridized carbons (Fsp3) is 0.348. The average molecular weight is 479 g/mol. The third-order valence-corrected chi connectivity index (χ3v) is 6.02. The quantitative estimate of drug-likeness (QED) is 0.481. The second kappa shape index (κ2) is 11.1. The summed E-state index contributed by atoms with van der Waals surface area (Å²) in [4.78, 5) is 12.1. The average Bonchev–Trinajstić information content (AvgIpc) is 2.76. The summed E-state index contributed by atoms with van der Waals surface area (Å²) >= 11 is 0. The summed E-state index contributed by atoms with van der Waals surface area (Å²) < 4.78 is 47.1. The Hall–Kier alpha value is -3.24. The van der Waals surface area contributed by atoms with Gasteiger partial charge in [-0.25, -0.2) is 18.4 Å². The van der Waals surface area contributed by atoms with Gasteiger partial charge in [-0.3, -0.25) is 4.79 Å². The molecule has 33 heavy (non-hydrogen) atoms. The first-order valence-corrected chi connectivity index (χ1v) is 11.6. The number of carbonyl (C=O) groups excluding carboxylic acids is 1. The minimum Gasteiger partial charge on any atom is -0.496 e. The van der Waals surface area contributed by atoms with E-state index in [2.05, 4.69) is 0 Å². The maximum Gasteiger partial charge on any atom is 0.238 e. The lowest BCUT2D eigenvalue weighted by atomic mass is 10.1. The van der Waals surface area contributed by atoms with Crippen LogP contribution in [0, 0.1) is 0 Å². The number of ether oxygens (including phenoxy) is 4. The maximum absolute atomic E-state index is 12.9. The number of hydrogen-bond acceptors (Lipinski definition) is 8. The number of nitrogens with zero attached hydrogens (tertiary/aromatic N) is 2. The van der Waals surface area contributed by atoms with Crippen molar-refractivity contribution in [2.75, 3.05) is 47.5 Å². The van der Waals surface area contributed by atoms with Gasteiger partial charge in [-0.1, -0.05) is 6.07 Å². The monoisotopic (exact) mass is 478 g/mol. The van der Waals surface area contributed by atoms with E-state index in [1.54, 1.807) is 49.4 Å². The Labute approximate surface area is 195 Å². The highest BCUT2D eigenvalue weighted by atomic mass is 32.2. The Balaban J connectivity index is 2.42. The third kappa shape index (κ3) is 6.39. The first-order chi connectivity index (χ1) is 15.6. The highest BCUT2D eigenvalue weighted by Crippen LogP contribution is 2.35. The van der Waals surface area contributed by atoms with Crippen molar-refractivity contribution >= 4 is 27.5 Å². The molecule has 0 aliphatic rings.